The highest BCUT2D eigenvalue weighted by atomic mass is 32.2. The first kappa shape index (κ1) is 16.4. The average Bonchev–Trinajstić information content (AvgIpc) is 2.48. The van der Waals surface area contributed by atoms with Gasteiger partial charge in [0.2, 0.25) is 0 Å². The molecule has 0 aliphatic heterocycles. The maximum atomic E-state index is 12.9. The summed E-state index contributed by atoms with van der Waals surface area (Å²) in [6.07, 6.45) is 0. The summed E-state index contributed by atoms with van der Waals surface area (Å²) in [6, 6.07) is 15.5. The molecule has 118 valence electrons. The molecule has 0 aliphatic carbocycles. The molecule has 2 aromatic rings. The Bertz CT molecular complexity index is 694. The summed E-state index contributed by atoms with van der Waals surface area (Å²) < 4.78 is 32.6. The van der Waals surface area contributed by atoms with E-state index in [1.807, 2.05) is 39.0 Å². The number of hydrogen-bond acceptors (Lipinski definition) is 3. The first-order chi connectivity index (χ1) is 10.5. The first-order valence-corrected chi connectivity index (χ1v) is 8.73. The van der Waals surface area contributed by atoms with Crippen LogP contribution in [0.2, 0.25) is 0 Å². The van der Waals surface area contributed by atoms with Gasteiger partial charge in [-0.15, -0.1) is 0 Å². The number of rotatable bonds is 6. The van der Waals surface area contributed by atoms with Crippen LogP contribution in [0.4, 0.5) is 5.69 Å². The lowest BCUT2D eigenvalue weighted by molar-refractivity contribution is 0.340. The maximum absolute atomic E-state index is 12.9. The lowest BCUT2D eigenvalue weighted by atomic mass is 10.3. The molecule has 0 spiro atoms. The van der Waals surface area contributed by atoms with Crippen molar-refractivity contribution in [1.29, 1.82) is 0 Å². The van der Waals surface area contributed by atoms with Crippen LogP contribution in [0.25, 0.3) is 0 Å². The fourth-order valence-corrected chi connectivity index (χ4v) is 3.94. The van der Waals surface area contributed by atoms with Gasteiger partial charge in [-0.3, -0.25) is 4.31 Å². The molecular weight excluding hydrogens is 298 g/mol. The highest BCUT2D eigenvalue weighted by molar-refractivity contribution is 7.92. The van der Waals surface area contributed by atoms with Crippen LogP contribution in [0.1, 0.15) is 20.8 Å². The van der Waals surface area contributed by atoms with Crippen molar-refractivity contribution >= 4 is 15.7 Å². The third kappa shape index (κ3) is 3.42. The third-order valence-electron chi connectivity index (χ3n) is 3.17. The zero-order chi connectivity index (χ0) is 16.2. The van der Waals surface area contributed by atoms with E-state index in [1.54, 1.807) is 36.4 Å². The van der Waals surface area contributed by atoms with Gasteiger partial charge >= 0.3 is 0 Å². The molecule has 0 aliphatic rings. The fraction of sp³-hybridized carbons (Fsp3) is 0.294. The zero-order valence-electron chi connectivity index (χ0n) is 13.1. The minimum absolute atomic E-state index is 0.182. The lowest BCUT2D eigenvalue weighted by Crippen LogP contribution is -2.36. The summed E-state index contributed by atoms with van der Waals surface area (Å²) in [7, 11) is -3.61. The molecule has 0 bridgehead atoms. The fourth-order valence-electron chi connectivity index (χ4n) is 2.28. The van der Waals surface area contributed by atoms with Crippen LogP contribution in [0.3, 0.4) is 0 Å². The Morgan fingerprint density at radius 2 is 1.59 bits per heavy atom. The Kier molecular flexibility index (Phi) is 5.08. The minimum Gasteiger partial charge on any atom is -0.494 e. The molecular formula is C17H21NO3S. The molecule has 0 saturated carbocycles. The summed E-state index contributed by atoms with van der Waals surface area (Å²) in [4.78, 5) is 0.258. The number of nitrogens with zero attached hydrogens (tertiary/aromatic N) is 1. The summed E-state index contributed by atoms with van der Waals surface area (Å²) in [5.41, 5.74) is 0.659. The number of benzene rings is 2. The Labute approximate surface area is 132 Å². The van der Waals surface area contributed by atoms with Crippen LogP contribution in [0, 0.1) is 0 Å². The van der Waals surface area contributed by atoms with Crippen molar-refractivity contribution in [2.45, 2.75) is 31.7 Å². The van der Waals surface area contributed by atoms with E-state index in [4.69, 9.17) is 4.74 Å². The summed E-state index contributed by atoms with van der Waals surface area (Å²) in [5, 5.41) is 0. The average molecular weight is 319 g/mol. The Hall–Kier alpha value is -2.01. The molecule has 0 N–H and O–H groups in total. The van der Waals surface area contributed by atoms with E-state index in [2.05, 4.69) is 0 Å². The summed E-state index contributed by atoms with van der Waals surface area (Å²) in [6.45, 7) is 6.16. The van der Waals surface area contributed by atoms with Crippen molar-refractivity contribution in [3.63, 3.8) is 0 Å². The number of hydrogen-bond donors (Lipinski definition) is 0. The third-order valence-corrected chi connectivity index (χ3v) is 5.19. The van der Waals surface area contributed by atoms with Gasteiger partial charge in [0.15, 0.2) is 0 Å². The lowest BCUT2D eigenvalue weighted by Gasteiger charge is -2.28. The van der Waals surface area contributed by atoms with Gasteiger partial charge < -0.3 is 4.74 Å². The highest BCUT2D eigenvalue weighted by Crippen LogP contribution is 2.27. The molecule has 4 nitrogen and oxygen atoms in total. The van der Waals surface area contributed by atoms with Gasteiger partial charge in [-0.2, -0.15) is 0 Å². The van der Waals surface area contributed by atoms with Crippen molar-refractivity contribution in [2.75, 3.05) is 10.9 Å². The largest absolute Gasteiger partial charge is 0.494 e. The van der Waals surface area contributed by atoms with Gasteiger partial charge in [-0.25, -0.2) is 8.42 Å². The van der Waals surface area contributed by atoms with Gasteiger partial charge in [0.05, 0.1) is 17.2 Å². The molecule has 0 fully saturated rings. The predicted molar refractivity (Wildman–Crippen MR) is 88.9 cm³/mol. The molecule has 5 heteroatoms. The number of sulfonamides is 1. The van der Waals surface area contributed by atoms with E-state index in [0.29, 0.717) is 18.0 Å². The monoisotopic (exact) mass is 319 g/mol. The van der Waals surface area contributed by atoms with Crippen LogP contribution >= 0.6 is 0 Å². The SMILES string of the molecule is CCOc1ccc(S(=O)(=O)N(c2ccccc2)C(C)C)cc1. The number of para-hydroxylation sites is 1. The molecule has 22 heavy (non-hydrogen) atoms. The molecule has 0 amide bonds. The Balaban J connectivity index is 2.42. The van der Waals surface area contributed by atoms with E-state index < -0.39 is 10.0 Å². The predicted octanol–water partition coefficient (Wildman–Crippen LogP) is 3.69. The van der Waals surface area contributed by atoms with Crippen molar-refractivity contribution in [2.24, 2.45) is 0 Å². The normalized spacial score (nSPS) is 11.5. The van der Waals surface area contributed by atoms with E-state index in [1.165, 1.54) is 4.31 Å². The van der Waals surface area contributed by atoms with Crippen LogP contribution in [-0.4, -0.2) is 21.1 Å². The quantitative estimate of drug-likeness (QED) is 0.816. The second-order valence-corrected chi connectivity index (χ2v) is 6.95. The molecule has 0 saturated heterocycles. The van der Waals surface area contributed by atoms with Crippen LogP contribution in [0.5, 0.6) is 5.75 Å². The van der Waals surface area contributed by atoms with E-state index in [9.17, 15) is 8.42 Å². The topological polar surface area (TPSA) is 46.6 Å². The van der Waals surface area contributed by atoms with Gasteiger partial charge in [-0.1, -0.05) is 18.2 Å². The minimum atomic E-state index is -3.61. The van der Waals surface area contributed by atoms with Crippen molar-refractivity contribution in [3.8, 4) is 5.75 Å². The smallest absolute Gasteiger partial charge is 0.264 e. The standard InChI is InChI=1S/C17H21NO3S/c1-4-21-16-10-12-17(13-11-16)22(19,20)18(14(2)3)15-8-6-5-7-9-15/h5-14H,4H2,1-3H3. The van der Waals surface area contributed by atoms with Crippen LogP contribution in [-0.2, 0) is 10.0 Å². The van der Waals surface area contributed by atoms with Crippen LogP contribution in [0.15, 0.2) is 59.5 Å². The van der Waals surface area contributed by atoms with Crippen molar-refractivity contribution in [1.82, 2.24) is 0 Å². The zero-order valence-corrected chi connectivity index (χ0v) is 13.9. The van der Waals surface area contributed by atoms with E-state index in [-0.39, 0.29) is 10.9 Å². The number of anilines is 1. The second-order valence-electron chi connectivity index (χ2n) is 5.13. The van der Waals surface area contributed by atoms with Gasteiger partial charge in [0.1, 0.15) is 5.75 Å². The van der Waals surface area contributed by atoms with Crippen molar-refractivity contribution in [3.05, 3.63) is 54.6 Å². The molecule has 0 atom stereocenters. The Morgan fingerprint density at radius 1 is 1.00 bits per heavy atom. The molecule has 0 radical (unpaired) electrons. The highest BCUT2D eigenvalue weighted by Gasteiger charge is 2.27. The van der Waals surface area contributed by atoms with Gasteiger partial charge in [0.25, 0.3) is 10.0 Å². The Morgan fingerprint density at radius 3 is 2.09 bits per heavy atom. The summed E-state index contributed by atoms with van der Waals surface area (Å²) in [5.74, 6) is 0.664. The maximum Gasteiger partial charge on any atom is 0.264 e. The summed E-state index contributed by atoms with van der Waals surface area (Å²) >= 11 is 0. The van der Waals surface area contributed by atoms with Gasteiger partial charge in [0, 0.05) is 6.04 Å². The molecule has 2 rings (SSSR count). The van der Waals surface area contributed by atoms with E-state index >= 15 is 0 Å². The molecule has 0 aromatic heterocycles. The molecule has 0 heterocycles. The van der Waals surface area contributed by atoms with E-state index in [0.717, 1.165) is 0 Å². The van der Waals surface area contributed by atoms with Crippen molar-refractivity contribution < 1.29 is 13.2 Å². The first-order valence-electron chi connectivity index (χ1n) is 7.29. The van der Waals surface area contributed by atoms with Gasteiger partial charge in [-0.05, 0) is 57.2 Å². The number of ether oxygens (including phenoxy) is 1. The molecule has 2 aromatic carbocycles. The van der Waals surface area contributed by atoms with Crippen LogP contribution < -0.4 is 9.04 Å². The molecule has 0 unspecified atom stereocenters. The second kappa shape index (κ2) is 6.83.